The van der Waals surface area contributed by atoms with Crippen LogP contribution in [0.5, 0.6) is 5.75 Å². The van der Waals surface area contributed by atoms with Crippen molar-refractivity contribution in [3.63, 3.8) is 0 Å². The quantitative estimate of drug-likeness (QED) is 0.186. The van der Waals surface area contributed by atoms with Crippen molar-refractivity contribution in [2.75, 3.05) is 10.6 Å². The molecule has 5 atom stereocenters. The van der Waals surface area contributed by atoms with E-state index >= 15 is 0 Å². The average molecular weight is 596 g/mol. The second-order valence-electron chi connectivity index (χ2n) is 9.79. The van der Waals surface area contributed by atoms with E-state index in [4.69, 9.17) is 0 Å². The summed E-state index contributed by atoms with van der Waals surface area (Å²) < 4.78 is 69.3. The summed E-state index contributed by atoms with van der Waals surface area (Å²) in [6.07, 6.45) is -10.9. The highest BCUT2D eigenvalue weighted by Crippen LogP contribution is 2.39. The number of thiazole rings is 1. The standard InChI is InChI=1S/C27H26F5N5O3S/c1-12(14-7-9-15(10-8-14)40-27(30,31)32)33-26-34-13(2)20(25-36-17-5-3-4-6-19(17)41-25)24(37-26)35-18-11-16(23(28)29)21(38)22(18)39/h3-10,12,16,18,21-23,38-39H,11H2,1-2H3,(H2,33,34,35,37)/t12-,16+,18?,21-,22+/m1/s1. The molecule has 1 saturated carbocycles. The Balaban J connectivity index is 1.47. The van der Waals surface area contributed by atoms with Crippen LogP contribution < -0.4 is 15.4 Å². The number of hydrogen-bond donors (Lipinski definition) is 4. The molecule has 0 bridgehead atoms. The van der Waals surface area contributed by atoms with Gasteiger partial charge in [-0.15, -0.1) is 24.5 Å². The number of anilines is 2. The Bertz CT molecular complexity index is 1480. The fraction of sp³-hybridized carbons (Fsp3) is 0.370. The largest absolute Gasteiger partial charge is 0.573 e. The van der Waals surface area contributed by atoms with Crippen LogP contribution in [0, 0.1) is 12.8 Å². The number of ether oxygens (including phenoxy) is 1. The van der Waals surface area contributed by atoms with Gasteiger partial charge in [-0.25, -0.2) is 18.7 Å². The Labute approximate surface area is 235 Å². The monoisotopic (exact) mass is 595 g/mol. The van der Waals surface area contributed by atoms with Gasteiger partial charge in [0.05, 0.1) is 45.6 Å². The summed E-state index contributed by atoms with van der Waals surface area (Å²) in [7, 11) is 0. The van der Waals surface area contributed by atoms with Crippen molar-refractivity contribution in [2.45, 2.75) is 57.3 Å². The third kappa shape index (κ3) is 6.34. The molecule has 0 radical (unpaired) electrons. The first-order valence-corrected chi connectivity index (χ1v) is 13.5. The smallest absolute Gasteiger partial charge is 0.406 e. The van der Waals surface area contributed by atoms with Crippen LogP contribution in [-0.4, -0.2) is 56.2 Å². The molecule has 2 aromatic carbocycles. The van der Waals surface area contributed by atoms with Gasteiger partial charge >= 0.3 is 6.36 Å². The normalized spacial score (nSPS) is 21.8. The third-order valence-electron chi connectivity index (χ3n) is 6.93. The van der Waals surface area contributed by atoms with Crippen LogP contribution in [0.25, 0.3) is 20.8 Å². The van der Waals surface area contributed by atoms with E-state index in [-0.39, 0.29) is 23.9 Å². The van der Waals surface area contributed by atoms with E-state index in [1.807, 2.05) is 24.3 Å². The molecule has 1 aliphatic rings. The molecule has 218 valence electrons. The molecule has 2 aromatic heterocycles. The number of aryl methyl sites for hydroxylation is 1. The lowest BCUT2D eigenvalue weighted by molar-refractivity contribution is -0.274. The van der Waals surface area contributed by atoms with E-state index in [1.54, 1.807) is 13.8 Å². The highest BCUT2D eigenvalue weighted by atomic mass is 32.1. The zero-order chi connectivity index (χ0) is 29.5. The molecule has 1 unspecified atom stereocenters. The summed E-state index contributed by atoms with van der Waals surface area (Å²) in [6, 6.07) is 11.5. The lowest BCUT2D eigenvalue weighted by atomic mass is 10.1. The van der Waals surface area contributed by atoms with E-state index < -0.39 is 43.0 Å². The lowest BCUT2D eigenvalue weighted by Crippen LogP contribution is -2.36. The summed E-state index contributed by atoms with van der Waals surface area (Å²) in [5.41, 5.74) is 2.39. The SMILES string of the molecule is Cc1nc(N[C@H](C)c2ccc(OC(F)(F)F)cc2)nc(NC2C[C@H](C(F)F)[C@@H](O)[C@H]2O)c1-c1nc2ccccc2s1. The molecule has 2 heterocycles. The molecule has 5 rings (SSSR count). The number of aliphatic hydroxyl groups excluding tert-OH is 2. The first kappa shape index (κ1) is 28.9. The maximum Gasteiger partial charge on any atom is 0.573 e. The fourth-order valence-corrected chi connectivity index (χ4v) is 5.91. The molecule has 4 N–H and O–H groups in total. The Morgan fingerprint density at radius 2 is 1.71 bits per heavy atom. The van der Waals surface area contributed by atoms with Crippen molar-refractivity contribution in [3.05, 3.63) is 59.8 Å². The molecular weight excluding hydrogens is 569 g/mol. The zero-order valence-electron chi connectivity index (χ0n) is 21.7. The van der Waals surface area contributed by atoms with Gasteiger partial charge in [0, 0.05) is 0 Å². The van der Waals surface area contributed by atoms with Gasteiger partial charge < -0.3 is 25.6 Å². The molecule has 14 heteroatoms. The molecule has 0 aliphatic heterocycles. The number of alkyl halides is 5. The van der Waals surface area contributed by atoms with E-state index in [9.17, 15) is 32.2 Å². The molecule has 4 aromatic rings. The maximum absolute atomic E-state index is 13.5. The number of rotatable bonds is 8. The van der Waals surface area contributed by atoms with Gasteiger partial charge in [0.15, 0.2) is 0 Å². The predicted molar refractivity (Wildman–Crippen MR) is 144 cm³/mol. The van der Waals surface area contributed by atoms with Crippen LogP contribution in [-0.2, 0) is 0 Å². The van der Waals surface area contributed by atoms with Crippen LogP contribution in [0.3, 0.4) is 0 Å². The molecule has 41 heavy (non-hydrogen) atoms. The number of halogens is 5. The number of nitrogens with one attached hydrogen (secondary N) is 2. The second-order valence-corrected chi connectivity index (χ2v) is 10.8. The Morgan fingerprint density at radius 3 is 2.34 bits per heavy atom. The lowest BCUT2D eigenvalue weighted by Gasteiger charge is -2.22. The van der Waals surface area contributed by atoms with E-state index in [0.717, 1.165) is 10.2 Å². The third-order valence-corrected chi connectivity index (χ3v) is 7.98. The Morgan fingerprint density at radius 1 is 1.00 bits per heavy atom. The van der Waals surface area contributed by atoms with Gasteiger partial charge in [0.25, 0.3) is 0 Å². The summed E-state index contributed by atoms with van der Waals surface area (Å²) in [4.78, 5) is 13.8. The van der Waals surface area contributed by atoms with Crippen LogP contribution in [0.2, 0.25) is 0 Å². The minimum absolute atomic E-state index is 0.149. The Kier molecular flexibility index (Phi) is 7.99. The Hall–Kier alpha value is -3.62. The molecule has 1 fully saturated rings. The van der Waals surface area contributed by atoms with Crippen LogP contribution in [0.4, 0.5) is 33.7 Å². The van der Waals surface area contributed by atoms with Crippen molar-refractivity contribution >= 4 is 33.3 Å². The fourth-order valence-electron chi connectivity index (χ4n) is 4.85. The minimum atomic E-state index is -4.80. The molecule has 0 spiro atoms. The molecular formula is C27H26F5N5O3S. The van der Waals surface area contributed by atoms with Gasteiger partial charge in [-0.1, -0.05) is 24.3 Å². The van der Waals surface area contributed by atoms with E-state index in [2.05, 4.69) is 30.3 Å². The zero-order valence-corrected chi connectivity index (χ0v) is 22.5. The molecule has 0 saturated heterocycles. The van der Waals surface area contributed by atoms with Crippen molar-refractivity contribution in [1.29, 1.82) is 0 Å². The van der Waals surface area contributed by atoms with Crippen molar-refractivity contribution in [1.82, 2.24) is 15.0 Å². The second kappa shape index (κ2) is 11.3. The first-order valence-electron chi connectivity index (χ1n) is 12.7. The minimum Gasteiger partial charge on any atom is -0.406 e. The highest BCUT2D eigenvalue weighted by Gasteiger charge is 2.46. The molecule has 0 amide bonds. The molecule has 1 aliphatic carbocycles. The molecule has 8 nitrogen and oxygen atoms in total. The number of hydrogen-bond acceptors (Lipinski definition) is 9. The maximum atomic E-state index is 13.5. The van der Waals surface area contributed by atoms with Crippen molar-refractivity contribution in [3.8, 4) is 16.3 Å². The number of nitrogens with zero attached hydrogens (tertiary/aromatic N) is 3. The van der Waals surface area contributed by atoms with Gasteiger partial charge in [-0.05, 0) is 50.1 Å². The van der Waals surface area contributed by atoms with Gasteiger partial charge in [0.2, 0.25) is 12.4 Å². The van der Waals surface area contributed by atoms with Crippen molar-refractivity contribution in [2.24, 2.45) is 5.92 Å². The van der Waals surface area contributed by atoms with Gasteiger partial charge in [0.1, 0.15) is 22.7 Å². The summed E-state index contributed by atoms with van der Waals surface area (Å²) in [5, 5.41) is 27.5. The summed E-state index contributed by atoms with van der Waals surface area (Å²) >= 11 is 1.39. The number of benzene rings is 2. The van der Waals surface area contributed by atoms with Crippen LogP contribution in [0.15, 0.2) is 48.5 Å². The summed E-state index contributed by atoms with van der Waals surface area (Å²) in [5.74, 6) is -1.38. The topological polar surface area (TPSA) is 112 Å². The average Bonchev–Trinajstić information content (AvgIpc) is 3.44. The van der Waals surface area contributed by atoms with Gasteiger partial charge in [-0.3, -0.25) is 0 Å². The number of fused-ring (bicyclic) bond motifs is 1. The highest BCUT2D eigenvalue weighted by molar-refractivity contribution is 7.21. The number of aromatic nitrogens is 3. The first-order chi connectivity index (χ1) is 19.4. The van der Waals surface area contributed by atoms with Crippen LogP contribution >= 0.6 is 11.3 Å². The summed E-state index contributed by atoms with van der Waals surface area (Å²) in [6.45, 7) is 3.49. The van der Waals surface area contributed by atoms with Crippen LogP contribution in [0.1, 0.15) is 30.6 Å². The predicted octanol–water partition coefficient (Wildman–Crippen LogP) is 5.92. The van der Waals surface area contributed by atoms with E-state index in [0.29, 0.717) is 21.8 Å². The van der Waals surface area contributed by atoms with Gasteiger partial charge in [-0.2, -0.15) is 4.98 Å². The van der Waals surface area contributed by atoms with E-state index in [1.165, 1.54) is 35.6 Å². The number of para-hydroxylation sites is 1. The van der Waals surface area contributed by atoms with Crippen molar-refractivity contribution < 1.29 is 36.9 Å². The number of aliphatic hydroxyl groups is 2.